The molecule has 0 radical (unpaired) electrons. The highest BCUT2D eigenvalue weighted by Gasteiger charge is 2.15. The molecule has 0 saturated carbocycles. The zero-order valence-electron chi connectivity index (χ0n) is 10.8. The van der Waals surface area contributed by atoms with E-state index < -0.39 is 0 Å². The van der Waals surface area contributed by atoms with E-state index in [1.807, 2.05) is 0 Å². The maximum atomic E-state index is 12.4. The molecular weight excluding hydrogens is 240 g/mol. The quantitative estimate of drug-likeness (QED) is 0.787. The molecule has 0 aliphatic carbocycles. The van der Waals surface area contributed by atoms with E-state index in [1.54, 1.807) is 55.6 Å². The standard InChI is InChI=1S/C16H14O3/c1-11(17)14-8-3-4-9-15(14)16(18)12-6-5-7-13(10-12)19-2/h3-10H,1-2H3. The van der Waals surface area contributed by atoms with Crippen molar-refractivity contribution in [3.05, 3.63) is 65.2 Å². The van der Waals surface area contributed by atoms with Gasteiger partial charge in [-0.15, -0.1) is 0 Å². The first-order chi connectivity index (χ1) is 9.13. The van der Waals surface area contributed by atoms with Gasteiger partial charge in [0, 0.05) is 16.7 Å². The highest BCUT2D eigenvalue weighted by atomic mass is 16.5. The first-order valence-corrected chi connectivity index (χ1v) is 5.92. The Bertz CT molecular complexity index is 629. The maximum absolute atomic E-state index is 12.4. The number of hydrogen-bond donors (Lipinski definition) is 0. The second kappa shape index (κ2) is 5.48. The second-order valence-corrected chi connectivity index (χ2v) is 4.16. The summed E-state index contributed by atoms with van der Waals surface area (Å²) in [6, 6.07) is 13.7. The van der Waals surface area contributed by atoms with Crippen LogP contribution in [0.15, 0.2) is 48.5 Å². The van der Waals surface area contributed by atoms with E-state index in [2.05, 4.69) is 0 Å². The fourth-order valence-corrected chi connectivity index (χ4v) is 1.91. The van der Waals surface area contributed by atoms with Gasteiger partial charge < -0.3 is 4.74 Å². The third-order valence-corrected chi connectivity index (χ3v) is 2.88. The van der Waals surface area contributed by atoms with Crippen molar-refractivity contribution in [2.75, 3.05) is 7.11 Å². The van der Waals surface area contributed by atoms with Crippen molar-refractivity contribution < 1.29 is 14.3 Å². The monoisotopic (exact) mass is 254 g/mol. The number of benzene rings is 2. The van der Waals surface area contributed by atoms with Crippen molar-refractivity contribution >= 4 is 11.6 Å². The highest BCUT2D eigenvalue weighted by molar-refractivity contribution is 6.15. The van der Waals surface area contributed by atoms with Gasteiger partial charge in [0.1, 0.15) is 5.75 Å². The van der Waals surface area contributed by atoms with E-state index in [0.29, 0.717) is 22.4 Å². The van der Waals surface area contributed by atoms with Crippen LogP contribution in [-0.2, 0) is 0 Å². The fraction of sp³-hybridized carbons (Fsp3) is 0.125. The summed E-state index contributed by atoms with van der Waals surface area (Å²) in [5.41, 5.74) is 1.37. The van der Waals surface area contributed by atoms with E-state index in [9.17, 15) is 9.59 Å². The minimum atomic E-state index is -0.176. The lowest BCUT2D eigenvalue weighted by molar-refractivity contribution is 0.0990. The van der Waals surface area contributed by atoms with Crippen LogP contribution in [0.5, 0.6) is 5.75 Å². The summed E-state index contributed by atoms with van der Waals surface area (Å²) in [6.07, 6.45) is 0. The van der Waals surface area contributed by atoms with Gasteiger partial charge in [-0.1, -0.05) is 36.4 Å². The number of ether oxygens (including phenoxy) is 1. The summed E-state index contributed by atoms with van der Waals surface area (Å²) in [4.78, 5) is 24.0. The molecule has 2 rings (SSSR count). The molecule has 0 atom stereocenters. The fourth-order valence-electron chi connectivity index (χ4n) is 1.91. The molecule has 0 bridgehead atoms. The molecule has 0 aliphatic heterocycles. The van der Waals surface area contributed by atoms with Gasteiger partial charge in [0.2, 0.25) is 0 Å². The van der Waals surface area contributed by atoms with Gasteiger partial charge in [-0.2, -0.15) is 0 Å². The molecule has 0 N–H and O–H groups in total. The molecule has 19 heavy (non-hydrogen) atoms. The molecule has 3 nitrogen and oxygen atoms in total. The van der Waals surface area contributed by atoms with Crippen LogP contribution in [0, 0.1) is 0 Å². The second-order valence-electron chi connectivity index (χ2n) is 4.16. The Morgan fingerprint density at radius 3 is 2.26 bits per heavy atom. The summed E-state index contributed by atoms with van der Waals surface area (Å²) in [5, 5.41) is 0. The molecular formula is C16H14O3. The number of carbonyl (C=O) groups is 2. The molecule has 2 aromatic carbocycles. The van der Waals surface area contributed by atoms with Crippen molar-refractivity contribution in [2.24, 2.45) is 0 Å². The van der Waals surface area contributed by atoms with Gasteiger partial charge in [-0.05, 0) is 19.1 Å². The third-order valence-electron chi connectivity index (χ3n) is 2.88. The van der Waals surface area contributed by atoms with Crippen LogP contribution in [0.4, 0.5) is 0 Å². The molecule has 2 aromatic rings. The van der Waals surface area contributed by atoms with Crippen LogP contribution >= 0.6 is 0 Å². The van der Waals surface area contributed by atoms with E-state index >= 15 is 0 Å². The SMILES string of the molecule is COc1cccc(C(=O)c2ccccc2C(C)=O)c1. The minimum Gasteiger partial charge on any atom is -0.497 e. The Morgan fingerprint density at radius 1 is 0.947 bits per heavy atom. The lowest BCUT2D eigenvalue weighted by atomic mass is 9.96. The molecule has 0 amide bonds. The predicted octanol–water partition coefficient (Wildman–Crippen LogP) is 3.13. The molecule has 0 aromatic heterocycles. The molecule has 0 fully saturated rings. The smallest absolute Gasteiger partial charge is 0.193 e. The summed E-state index contributed by atoms with van der Waals surface area (Å²) < 4.78 is 5.10. The highest BCUT2D eigenvalue weighted by Crippen LogP contribution is 2.19. The molecule has 0 aliphatic rings. The molecule has 96 valence electrons. The molecule has 0 heterocycles. The lowest BCUT2D eigenvalue weighted by Gasteiger charge is -2.07. The first kappa shape index (κ1) is 13.0. The van der Waals surface area contributed by atoms with E-state index in [-0.39, 0.29) is 11.6 Å². The average molecular weight is 254 g/mol. The molecule has 0 spiro atoms. The van der Waals surface area contributed by atoms with Gasteiger partial charge in [0.15, 0.2) is 11.6 Å². The van der Waals surface area contributed by atoms with E-state index in [4.69, 9.17) is 4.74 Å². The Hall–Kier alpha value is -2.42. The van der Waals surface area contributed by atoms with Crippen LogP contribution in [0.3, 0.4) is 0 Å². The topological polar surface area (TPSA) is 43.4 Å². The summed E-state index contributed by atoms with van der Waals surface area (Å²) in [6.45, 7) is 1.46. The Balaban J connectivity index is 2.47. The third kappa shape index (κ3) is 2.71. The van der Waals surface area contributed by atoms with Gasteiger partial charge in [-0.25, -0.2) is 0 Å². The Kier molecular flexibility index (Phi) is 3.76. The number of methoxy groups -OCH3 is 1. The summed E-state index contributed by atoms with van der Waals surface area (Å²) in [7, 11) is 1.55. The largest absolute Gasteiger partial charge is 0.497 e. The van der Waals surface area contributed by atoms with E-state index in [1.165, 1.54) is 6.92 Å². The van der Waals surface area contributed by atoms with Crippen molar-refractivity contribution in [2.45, 2.75) is 6.92 Å². The van der Waals surface area contributed by atoms with Crippen LogP contribution < -0.4 is 4.74 Å². The van der Waals surface area contributed by atoms with Gasteiger partial charge >= 0.3 is 0 Å². The molecule has 3 heteroatoms. The van der Waals surface area contributed by atoms with Crippen LogP contribution in [0.1, 0.15) is 33.2 Å². The number of Topliss-reactive ketones (excluding diaryl/α,β-unsaturated/α-hetero) is 1. The summed E-state index contributed by atoms with van der Waals surface area (Å²) >= 11 is 0. The van der Waals surface area contributed by atoms with Crippen molar-refractivity contribution in [3.63, 3.8) is 0 Å². The van der Waals surface area contributed by atoms with E-state index in [0.717, 1.165) is 0 Å². The number of carbonyl (C=O) groups excluding carboxylic acids is 2. The van der Waals surface area contributed by atoms with Gasteiger partial charge in [0.05, 0.1) is 7.11 Å². The number of hydrogen-bond acceptors (Lipinski definition) is 3. The Labute approximate surface area is 111 Å². The Morgan fingerprint density at radius 2 is 1.63 bits per heavy atom. The van der Waals surface area contributed by atoms with Crippen LogP contribution in [-0.4, -0.2) is 18.7 Å². The predicted molar refractivity (Wildman–Crippen MR) is 72.9 cm³/mol. The molecule has 0 unspecified atom stereocenters. The maximum Gasteiger partial charge on any atom is 0.193 e. The first-order valence-electron chi connectivity index (χ1n) is 5.92. The lowest BCUT2D eigenvalue weighted by Crippen LogP contribution is -2.08. The van der Waals surface area contributed by atoms with Crippen molar-refractivity contribution in [3.8, 4) is 5.75 Å². The van der Waals surface area contributed by atoms with Crippen LogP contribution in [0.25, 0.3) is 0 Å². The van der Waals surface area contributed by atoms with Crippen LogP contribution in [0.2, 0.25) is 0 Å². The summed E-state index contributed by atoms with van der Waals surface area (Å²) in [5.74, 6) is 0.322. The molecule has 0 saturated heterocycles. The zero-order valence-corrected chi connectivity index (χ0v) is 10.8. The van der Waals surface area contributed by atoms with Crippen molar-refractivity contribution in [1.29, 1.82) is 0 Å². The zero-order chi connectivity index (χ0) is 13.8. The van der Waals surface area contributed by atoms with Crippen molar-refractivity contribution in [1.82, 2.24) is 0 Å². The average Bonchev–Trinajstić information content (AvgIpc) is 2.46. The minimum absolute atomic E-state index is 0.119. The number of rotatable bonds is 4. The normalized spacial score (nSPS) is 10.0. The van der Waals surface area contributed by atoms with Gasteiger partial charge in [0.25, 0.3) is 0 Å². The van der Waals surface area contributed by atoms with Gasteiger partial charge in [-0.3, -0.25) is 9.59 Å². The number of ketones is 2.